The third-order valence-electron chi connectivity index (χ3n) is 4.22. The number of ether oxygens (including phenoxy) is 1. The first-order valence-electron chi connectivity index (χ1n) is 9.05. The highest BCUT2D eigenvalue weighted by molar-refractivity contribution is 7.13. The maximum atomic E-state index is 12.4. The largest absolute Gasteiger partial charge is 0.444 e. The maximum absolute atomic E-state index is 12.4. The summed E-state index contributed by atoms with van der Waals surface area (Å²) < 4.78 is 5.49. The van der Waals surface area contributed by atoms with Crippen LogP contribution >= 0.6 is 11.3 Å². The maximum Gasteiger partial charge on any atom is 0.410 e. The number of nitriles is 1. The molecule has 1 aliphatic rings. The van der Waals surface area contributed by atoms with Crippen molar-refractivity contribution in [3.05, 3.63) is 35.2 Å². The molecule has 0 spiro atoms. The third kappa shape index (κ3) is 4.77. The fourth-order valence-electron chi connectivity index (χ4n) is 2.98. The molecule has 0 N–H and O–H groups in total. The molecule has 0 unspecified atom stereocenters. The predicted octanol–water partition coefficient (Wildman–Crippen LogP) is 4.13. The molecule has 27 heavy (non-hydrogen) atoms. The highest BCUT2D eigenvalue weighted by Gasteiger charge is 2.25. The average Bonchev–Trinajstić information content (AvgIpc) is 3.04. The lowest BCUT2D eigenvalue weighted by Gasteiger charge is -2.27. The van der Waals surface area contributed by atoms with Crippen molar-refractivity contribution >= 4 is 23.2 Å². The van der Waals surface area contributed by atoms with Crippen molar-refractivity contribution in [2.24, 2.45) is 0 Å². The van der Waals surface area contributed by atoms with Crippen LogP contribution in [0, 0.1) is 11.3 Å². The number of nitrogens with zero attached hydrogens (tertiary/aromatic N) is 4. The first kappa shape index (κ1) is 19.2. The van der Waals surface area contributed by atoms with Crippen LogP contribution in [0.15, 0.2) is 29.6 Å². The van der Waals surface area contributed by atoms with Crippen LogP contribution in [0.2, 0.25) is 0 Å². The topological polar surface area (TPSA) is 69.5 Å². The number of hydrogen-bond donors (Lipinski definition) is 0. The van der Waals surface area contributed by atoms with Gasteiger partial charge in [-0.2, -0.15) is 5.26 Å². The normalized spacial score (nSPS) is 15.2. The van der Waals surface area contributed by atoms with Crippen LogP contribution in [-0.4, -0.2) is 47.8 Å². The van der Waals surface area contributed by atoms with Gasteiger partial charge in [-0.3, -0.25) is 0 Å². The van der Waals surface area contributed by atoms with E-state index in [-0.39, 0.29) is 6.09 Å². The van der Waals surface area contributed by atoms with E-state index in [0.29, 0.717) is 31.0 Å². The summed E-state index contributed by atoms with van der Waals surface area (Å²) in [5.74, 6) is 0.689. The molecule has 0 bridgehead atoms. The first-order valence-corrected chi connectivity index (χ1v) is 9.93. The summed E-state index contributed by atoms with van der Waals surface area (Å²) in [4.78, 5) is 22.0. The molecular weight excluding hydrogens is 360 g/mol. The molecule has 7 heteroatoms. The Morgan fingerprint density at radius 3 is 2.70 bits per heavy atom. The average molecular weight is 385 g/mol. The SMILES string of the molecule is CC(C)(C)OC(=O)N1CCCN(c2nc(-c3cccs3)ccc2C#N)CC1. The van der Waals surface area contributed by atoms with Gasteiger partial charge in [0.1, 0.15) is 17.5 Å². The molecule has 6 nitrogen and oxygen atoms in total. The Balaban J connectivity index is 1.78. The summed E-state index contributed by atoms with van der Waals surface area (Å²) in [5.41, 5.74) is 0.918. The van der Waals surface area contributed by atoms with E-state index in [0.717, 1.165) is 23.5 Å². The van der Waals surface area contributed by atoms with Gasteiger partial charge in [0.25, 0.3) is 0 Å². The quantitative estimate of drug-likeness (QED) is 0.779. The Bertz CT molecular complexity index is 837. The van der Waals surface area contributed by atoms with Gasteiger partial charge in [-0.15, -0.1) is 11.3 Å². The number of rotatable bonds is 2. The minimum atomic E-state index is -0.506. The second-order valence-corrected chi connectivity index (χ2v) is 8.41. The highest BCUT2D eigenvalue weighted by atomic mass is 32.1. The molecule has 1 amide bonds. The summed E-state index contributed by atoms with van der Waals surface area (Å²) in [5, 5.41) is 11.5. The molecule has 1 fully saturated rings. The van der Waals surface area contributed by atoms with Crippen LogP contribution in [0.25, 0.3) is 10.6 Å². The second kappa shape index (κ2) is 7.97. The smallest absolute Gasteiger partial charge is 0.410 e. The van der Waals surface area contributed by atoms with Crippen molar-refractivity contribution in [2.75, 3.05) is 31.1 Å². The van der Waals surface area contributed by atoms with Crippen LogP contribution in [0.1, 0.15) is 32.8 Å². The molecule has 0 atom stereocenters. The molecule has 0 aliphatic carbocycles. The number of amides is 1. The van der Waals surface area contributed by atoms with E-state index in [4.69, 9.17) is 9.72 Å². The van der Waals surface area contributed by atoms with Crippen molar-refractivity contribution in [3.63, 3.8) is 0 Å². The number of carbonyl (C=O) groups excluding carboxylic acids is 1. The van der Waals surface area contributed by atoms with Gasteiger partial charge in [0, 0.05) is 26.2 Å². The number of pyridine rings is 1. The standard InChI is InChI=1S/C20H24N4O2S/c1-20(2,3)26-19(25)24-10-5-9-23(11-12-24)18-15(14-21)7-8-16(22-18)17-6-4-13-27-17/h4,6-8,13H,5,9-12H2,1-3H3. The van der Waals surface area contributed by atoms with Gasteiger partial charge in [-0.05, 0) is 50.8 Å². The number of anilines is 1. The summed E-state index contributed by atoms with van der Waals surface area (Å²) in [6.07, 6.45) is 0.514. The molecule has 0 aromatic carbocycles. The summed E-state index contributed by atoms with van der Waals surface area (Å²) in [7, 11) is 0. The van der Waals surface area contributed by atoms with Gasteiger partial charge in [-0.25, -0.2) is 9.78 Å². The van der Waals surface area contributed by atoms with Gasteiger partial charge in [0.05, 0.1) is 16.1 Å². The van der Waals surface area contributed by atoms with E-state index in [1.54, 1.807) is 16.2 Å². The Morgan fingerprint density at radius 1 is 1.22 bits per heavy atom. The fraction of sp³-hybridized carbons (Fsp3) is 0.450. The lowest BCUT2D eigenvalue weighted by Crippen LogP contribution is -2.39. The van der Waals surface area contributed by atoms with Gasteiger partial charge in [0.2, 0.25) is 0 Å². The zero-order valence-corrected chi connectivity index (χ0v) is 16.8. The van der Waals surface area contributed by atoms with Crippen LogP contribution in [-0.2, 0) is 4.74 Å². The summed E-state index contributed by atoms with van der Waals surface area (Å²) in [6.45, 7) is 8.16. The van der Waals surface area contributed by atoms with Crippen molar-refractivity contribution in [1.29, 1.82) is 5.26 Å². The van der Waals surface area contributed by atoms with E-state index in [1.807, 2.05) is 50.4 Å². The Kier molecular flexibility index (Phi) is 5.66. The molecule has 142 valence electrons. The van der Waals surface area contributed by atoms with Gasteiger partial charge < -0.3 is 14.5 Å². The molecule has 1 aliphatic heterocycles. The third-order valence-corrected chi connectivity index (χ3v) is 5.11. The number of aromatic nitrogens is 1. The molecule has 3 heterocycles. The van der Waals surface area contributed by atoms with E-state index in [9.17, 15) is 10.1 Å². The van der Waals surface area contributed by atoms with Crippen LogP contribution in [0.3, 0.4) is 0 Å². The number of carbonyl (C=O) groups is 1. The molecule has 2 aromatic heterocycles. The van der Waals surface area contributed by atoms with Gasteiger partial charge >= 0.3 is 6.09 Å². The van der Waals surface area contributed by atoms with E-state index >= 15 is 0 Å². The Labute approximate surface area is 164 Å². The van der Waals surface area contributed by atoms with Crippen molar-refractivity contribution in [1.82, 2.24) is 9.88 Å². The minimum absolute atomic E-state index is 0.287. The van der Waals surface area contributed by atoms with Gasteiger partial charge in [-0.1, -0.05) is 6.07 Å². The zero-order valence-electron chi connectivity index (χ0n) is 15.9. The monoisotopic (exact) mass is 384 g/mol. The molecular formula is C20H24N4O2S. The van der Waals surface area contributed by atoms with E-state index in [1.165, 1.54) is 0 Å². The van der Waals surface area contributed by atoms with Crippen LogP contribution < -0.4 is 4.90 Å². The zero-order chi connectivity index (χ0) is 19.4. The molecule has 0 radical (unpaired) electrons. The fourth-order valence-corrected chi connectivity index (χ4v) is 3.67. The molecule has 2 aromatic rings. The first-order chi connectivity index (χ1) is 12.9. The van der Waals surface area contributed by atoms with Crippen molar-refractivity contribution in [2.45, 2.75) is 32.8 Å². The van der Waals surface area contributed by atoms with Crippen LogP contribution in [0.5, 0.6) is 0 Å². The summed E-state index contributed by atoms with van der Waals surface area (Å²) >= 11 is 1.63. The van der Waals surface area contributed by atoms with Crippen molar-refractivity contribution < 1.29 is 9.53 Å². The predicted molar refractivity (Wildman–Crippen MR) is 107 cm³/mol. The van der Waals surface area contributed by atoms with Crippen LogP contribution in [0.4, 0.5) is 10.6 Å². The molecule has 1 saturated heterocycles. The lowest BCUT2D eigenvalue weighted by molar-refractivity contribution is 0.0263. The second-order valence-electron chi connectivity index (χ2n) is 7.46. The summed E-state index contributed by atoms with van der Waals surface area (Å²) in [6, 6.07) is 9.97. The Morgan fingerprint density at radius 2 is 2.04 bits per heavy atom. The number of thiophene rings is 1. The minimum Gasteiger partial charge on any atom is -0.444 e. The van der Waals surface area contributed by atoms with Crippen molar-refractivity contribution in [3.8, 4) is 16.6 Å². The molecule has 0 saturated carbocycles. The Hall–Kier alpha value is -2.59. The van der Waals surface area contributed by atoms with Gasteiger partial charge in [0.15, 0.2) is 0 Å². The molecule has 3 rings (SSSR count). The lowest BCUT2D eigenvalue weighted by atomic mass is 10.2. The van der Waals surface area contributed by atoms with E-state index < -0.39 is 5.60 Å². The van der Waals surface area contributed by atoms with E-state index in [2.05, 4.69) is 11.0 Å². The highest BCUT2D eigenvalue weighted by Crippen LogP contribution is 2.28. The number of hydrogen-bond acceptors (Lipinski definition) is 6.